The highest BCUT2D eigenvalue weighted by molar-refractivity contribution is 5.56. The Morgan fingerprint density at radius 3 is 2.58 bits per heavy atom. The number of nitrogens with one attached hydrogen (secondary N) is 1. The van der Waals surface area contributed by atoms with Gasteiger partial charge in [-0.05, 0) is 56.1 Å². The van der Waals surface area contributed by atoms with Gasteiger partial charge in [-0.1, -0.05) is 0 Å². The third kappa shape index (κ3) is 2.43. The van der Waals surface area contributed by atoms with Gasteiger partial charge in [-0.15, -0.1) is 0 Å². The van der Waals surface area contributed by atoms with Gasteiger partial charge in [0.25, 0.3) is 0 Å². The Hall–Kier alpha value is -1.23. The molecule has 104 valence electrons. The van der Waals surface area contributed by atoms with Crippen molar-refractivity contribution in [2.75, 3.05) is 25.0 Å². The maximum Gasteiger partial charge on any atom is 0.416 e. The van der Waals surface area contributed by atoms with Crippen LogP contribution in [0.3, 0.4) is 0 Å². The summed E-state index contributed by atoms with van der Waals surface area (Å²) in [6.45, 7) is 2.83. The summed E-state index contributed by atoms with van der Waals surface area (Å²) in [6, 6.07) is 4.20. The molecule has 2 nitrogen and oxygen atoms in total. The molecule has 1 atom stereocenters. The smallest absolute Gasteiger partial charge is 0.385 e. The number of nitrogens with zero attached hydrogens (tertiary/aromatic N) is 1. The monoisotopic (exact) mass is 270 g/mol. The van der Waals surface area contributed by atoms with E-state index in [9.17, 15) is 13.2 Å². The van der Waals surface area contributed by atoms with Crippen LogP contribution in [0.25, 0.3) is 0 Å². The first-order valence-corrected chi connectivity index (χ1v) is 6.75. The lowest BCUT2D eigenvalue weighted by atomic mass is 9.94. The molecule has 2 aliphatic heterocycles. The lowest BCUT2D eigenvalue weighted by Crippen LogP contribution is -2.31. The van der Waals surface area contributed by atoms with Gasteiger partial charge in [0.2, 0.25) is 0 Å². The summed E-state index contributed by atoms with van der Waals surface area (Å²) in [7, 11) is 0. The van der Waals surface area contributed by atoms with E-state index in [1.54, 1.807) is 6.07 Å². The van der Waals surface area contributed by atoms with Crippen LogP contribution >= 0.6 is 0 Å². The summed E-state index contributed by atoms with van der Waals surface area (Å²) in [4.78, 5) is 2.32. The van der Waals surface area contributed by atoms with Crippen molar-refractivity contribution in [2.45, 2.75) is 31.5 Å². The fraction of sp³-hybridized carbons (Fsp3) is 0.571. The first kappa shape index (κ1) is 12.8. The summed E-state index contributed by atoms with van der Waals surface area (Å²) >= 11 is 0. The average molecular weight is 270 g/mol. The van der Waals surface area contributed by atoms with E-state index in [1.165, 1.54) is 6.07 Å². The zero-order valence-corrected chi connectivity index (χ0v) is 10.6. The molecule has 19 heavy (non-hydrogen) atoms. The van der Waals surface area contributed by atoms with Crippen LogP contribution in [0.5, 0.6) is 0 Å². The Labute approximate surface area is 110 Å². The quantitative estimate of drug-likeness (QED) is 0.837. The summed E-state index contributed by atoms with van der Waals surface area (Å²) in [5.74, 6) is 0. The molecule has 3 rings (SSSR count). The summed E-state index contributed by atoms with van der Waals surface area (Å²) in [6.07, 6.45) is -1.08. The van der Waals surface area contributed by atoms with Gasteiger partial charge >= 0.3 is 6.18 Å². The van der Waals surface area contributed by atoms with Crippen LogP contribution in [-0.4, -0.2) is 24.5 Å². The van der Waals surface area contributed by atoms with E-state index >= 15 is 0 Å². The number of alkyl halides is 3. The Balaban J connectivity index is 1.97. The van der Waals surface area contributed by atoms with Gasteiger partial charge in [-0.3, -0.25) is 4.90 Å². The first-order chi connectivity index (χ1) is 9.05. The molecule has 0 amide bonds. The SMILES string of the molecule is FC(F)(F)c1ccc2c(c1)[C@@H](N1CCCC1)CCN2. The van der Waals surface area contributed by atoms with Crippen LogP contribution in [0.4, 0.5) is 18.9 Å². The van der Waals surface area contributed by atoms with Crippen LogP contribution in [0.1, 0.15) is 36.4 Å². The normalized spacial score (nSPS) is 24.1. The Bertz CT molecular complexity index is 464. The largest absolute Gasteiger partial charge is 0.416 e. The van der Waals surface area contributed by atoms with Gasteiger partial charge in [0.1, 0.15) is 0 Å². The fourth-order valence-electron chi connectivity index (χ4n) is 3.11. The highest BCUT2D eigenvalue weighted by atomic mass is 19.4. The van der Waals surface area contributed by atoms with E-state index in [4.69, 9.17) is 0 Å². The first-order valence-electron chi connectivity index (χ1n) is 6.75. The maximum absolute atomic E-state index is 12.8. The number of hydrogen-bond donors (Lipinski definition) is 1. The lowest BCUT2D eigenvalue weighted by molar-refractivity contribution is -0.137. The van der Waals surface area contributed by atoms with Gasteiger partial charge in [0.05, 0.1) is 5.56 Å². The van der Waals surface area contributed by atoms with Crippen molar-refractivity contribution < 1.29 is 13.2 Å². The van der Waals surface area contributed by atoms with Crippen LogP contribution in [0.2, 0.25) is 0 Å². The summed E-state index contributed by atoms with van der Waals surface area (Å²) in [5, 5.41) is 3.20. The molecule has 2 aliphatic rings. The Morgan fingerprint density at radius 1 is 1.16 bits per heavy atom. The Morgan fingerprint density at radius 2 is 1.89 bits per heavy atom. The molecule has 1 saturated heterocycles. The number of anilines is 1. The topological polar surface area (TPSA) is 15.3 Å². The van der Waals surface area contributed by atoms with Crippen molar-refractivity contribution in [1.29, 1.82) is 0 Å². The molecule has 1 aromatic carbocycles. The third-order valence-electron chi connectivity index (χ3n) is 4.05. The van der Waals surface area contributed by atoms with Crippen LogP contribution in [0, 0.1) is 0 Å². The van der Waals surface area contributed by atoms with Crippen LogP contribution < -0.4 is 5.32 Å². The number of benzene rings is 1. The predicted octanol–water partition coefficient (Wildman–Crippen LogP) is 3.66. The van der Waals surface area contributed by atoms with E-state index in [0.29, 0.717) is 0 Å². The van der Waals surface area contributed by atoms with Crippen molar-refractivity contribution in [3.8, 4) is 0 Å². The number of hydrogen-bond acceptors (Lipinski definition) is 2. The molecule has 0 aliphatic carbocycles. The van der Waals surface area contributed by atoms with Gasteiger partial charge in [-0.2, -0.15) is 13.2 Å². The molecule has 1 N–H and O–H groups in total. The third-order valence-corrected chi connectivity index (χ3v) is 4.05. The minimum absolute atomic E-state index is 0.140. The molecular formula is C14H17F3N2. The van der Waals surface area contributed by atoms with E-state index in [1.807, 2.05) is 0 Å². The highest BCUT2D eigenvalue weighted by Gasteiger charge is 2.34. The molecule has 0 aromatic heterocycles. The van der Waals surface area contributed by atoms with Gasteiger partial charge in [0, 0.05) is 18.3 Å². The van der Waals surface area contributed by atoms with E-state index < -0.39 is 11.7 Å². The number of halogens is 3. The molecule has 0 spiro atoms. The summed E-state index contributed by atoms with van der Waals surface area (Å²) < 4.78 is 38.5. The predicted molar refractivity (Wildman–Crippen MR) is 68.1 cm³/mol. The molecular weight excluding hydrogens is 253 g/mol. The zero-order valence-electron chi connectivity index (χ0n) is 10.6. The maximum atomic E-state index is 12.8. The molecule has 1 aromatic rings. The zero-order chi connectivity index (χ0) is 13.5. The molecule has 0 radical (unpaired) electrons. The van der Waals surface area contributed by atoms with Crippen molar-refractivity contribution in [3.63, 3.8) is 0 Å². The van der Waals surface area contributed by atoms with Crippen molar-refractivity contribution in [3.05, 3.63) is 29.3 Å². The number of fused-ring (bicyclic) bond motifs is 1. The number of rotatable bonds is 1. The van der Waals surface area contributed by atoms with Crippen LogP contribution in [0.15, 0.2) is 18.2 Å². The van der Waals surface area contributed by atoms with Crippen molar-refractivity contribution in [2.24, 2.45) is 0 Å². The minimum Gasteiger partial charge on any atom is -0.385 e. The Kier molecular flexibility index (Phi) is 3.17. The molecule has 1 fully saturated rings. The lowest BCUT2D eigenvalue weighted by Gasteiger charge is -2.34. The minimum atomic E-state index is -4.26. The average Bonchev–Trinajstić information content (AvgIpc) is 2.90. The second-order valence-corrected chi connectivity index (χ2v) is 5.27. The highest BCUT2D eigenvalue weighted by Crippen LogP contribution is 2.39. The number of likely N-dealkylation sites (tertiary alicyclic amines) is 1. The fourth-order valence-corrected chi connectivity index (χ4v) is 3.11. The van der Waals surface area contributed by atoms with Crippen molar-refractivity contribution >= 4 is 5.69 Å². The van der Waals surface area contributed by atoms with E-state index in [-0.39, 0.29) is 6.04 Å². The van der Waals surface area contributed by atoms with E-state index in [2.05, 4.69) is 10.2 Å². The molecule has 0 saturated carbocycles. The standard InChI is InChI=1S/C14H17F3N2/c15-14(16,17)10-3-4-12-11(9-10)13(5-6-18-12)19-7-1-2-8-19/h3-4,9,13,18H,1-2,5-8H2/t13-/m0/s1. The second kappa shape index (κ2) is 4.71. The van der Waals surface area contributed by atoms with E-state index in [0.717, 1.165) is 56.2 Å². The van der Waals surface area contributed by atoms with Crippen molar-refractivity contribution in [1.82, 2.24) is 4.90 Å². The molecule has 5 heteroatoms. The van der Waals surface area contributed by atoms with Gasteiger partial charge in [0.15, 0.2) is 0 Å². The summed E-state index contributed by atoms with van der Waals surface area (Å²) in [5.41, 5.74) is 1.12. The second-order valence-electron chi connectivity index (χ2n) is 5.27. The van der Waals surface area contributed by atoms with Crippen LogP contribution in [-0.2, 0) is 6.18 Å². The van der Waals surface area contributed by atoms with Gasteiger partial charge in [-0.25, -0.2) is 0 Å². The molecule has 2 heterocycles. The molecule has 0 unspecified atom stereocenters. The molecule has 0 bridgehead atoms. The van der Waals surface area contributed by atoms with Gasteiger partial charge < -0.3 is 5.32 Å².